The Morgan fingerprint density at radius 2 is 0.453 bits per heavy atom. The topological polar surface area (TPSA) is 181 Å². The van der Waals surface area contributed by atoms with Crippen LogP contribution in [-0.2, 0) is 0 Å². The maximum atomic E-state index is 6.06. The van der Waals surface area contributed by atoms with E-state index in [0.29, 0.717) is 11.4 Å². The van der Waals surface area contributed by atoms with Gasteiger partial charge in [-0.3, -0.25) is 0 Å². The molecule has 15 rings (SSSR count). The number of nitrogens with zero attached hydrogens (tertiary/aromatic N) is 10. The summed E-state index contributed by atoms with van der Waals surface area (Å²) in [6.45, 7) is 62.9. The van der Waals surface area contributed by atoms with Crippen LogP contribution in [0, 0.1) is 208 Å². The van der Waals surface area contributed by atoms with Gasteiger partial charge in [0.05, 0.1) is 50.0 Å². The van der Waals surface area contributed by atoms with E-state index in [9.17, 15) is 0 Å². The molecule has 95 heavy (non-hydrogen) atoms. The third-order valence-corrected chi connectivity index (χ3v) is 22.4. The maximum Gasteiger partial charge on any atom is 0.230 e. The highest BCUT2D eigenvalue weighted by Gasteiger charge is 2.25. The first-order valence-electron chi connectivity index (χ1n) is 32.8. The third kappa shape index (κ3) is 10.9. The van der Waals surface area contributed by atoms with Gasteiger partial charge in [-0.05, 0) is 319 Å². The molecule has 0 bridgehead atoms. The molecule has 14 nitrogen and oxygen atoms in total. The van der Waals surface area contributed by atoms with Crippen LogP contribution in [-0.4, -0.2) is 49.8 Å². The number of aromatic nitrogens is 10. The lowest BCUT2D eigenvalue weighted by molar-refractivity contribution is 0.646. The normalized spacial score (nSPS) is 11.7. The number of hydrogen-bond donors (Lipinski definition) is 0. The van der Waals surface area contributed by atoms with Gasteiger partial charge in [0, 0.05) is 26.2 Å². The molecule has 0 fully saturated rings. The number of furan rings is 4. The lowest BCUT2D eigenvalue weighted by Crippen LogP contribution is -1.94. The first-order chi connectivity index (χ1) is 44.6. The zero-order valence-electron chi connectivity index (χ0n) is 61.5. The lowest BCUT2D eigenvalue weighted by atomic mass is 9.94. The Hall–Kier alpha value is -9.08. The largest absolute Gasteiger partial charge is 0.452 e. The van der Waals surface area contributed by atoms with Crippen LogP contribution in [0.25, 0.3) is 109 Å². The van der Waals surface area contributed by atoms with Gasteiger partial charge in [0.1, 0.15) is 67.3 Å². The Kier molecular flexibility index (Phi) is 17.4. The van der Waals surface area contributed by atoms with Gasteiger partial charge in [-0.2, -0.15) is 9.97 Å². The van der Waals surface area contributed by atoms with Crippen molar-refractivity contribution in [1.29, 1.82) is 0 Å². The van der Waals surface area contributed by atoms with Crippen molar-refractivity contribution in [2.75, 3.05) is 0 Å². The molecular weight excluding hydrogens is 1200 g/mol. The standard InChI is InChI=1S/4C16H18N2O.C16H18N2S/c2*1-7-8(2)10(4)15-13(9(7)3)14-16(19-15)11(5)17-12(6)18-14;3*1-7-8(2)10(4)15-13(9(7)3)14-11(5)17-12(6)18-16(14)19-15/h5*1-6H3. The monoisotopic (exact) mass is 1290 g/mol. The molecule has 0 saturated carbocycles. The summed E-state index contributed by atoms with van der Waals surface area (Å²) in [6, 6.07) is 0. The van der Waals surface area contributed by atoms with E-state index in [0.717, 1.165) is 128 Å². The zero-order valence-corrected chi connectivity index (χ0v) is 62.3. The second kappa shape index (κ2) is 24.6. The van der Waals surface area contributed by atoms with E-state index in [2.05, 4.69) is 195 Å². The summed E-state index contributed by atoms with van der Waals surface area (Å²) < 4.78 is 25.5. The van der Waals surface area contributed by atoms with Crippen molar-refractivity contribution < 1.29 is 17.7 Å². The number of thiophene rings is 1. The third-order valence-electron chi connectivity index (χ3n) is 21.2. The average molecular weight is 1290 g/mol. The summed E-state index contributed by atoms with van der Waals surface area (Å²) in [5, 5.41) is 9.36. The van der Waals surface area contributed by atoms with E-state index in [1.165, 1.54) is 138 Å². The highest BCUT2D eigenvalue weighted by atomic mass is 32.1. The summed E-state index contributed by atoms with van der Waals surface area (Å²) in [5.74, 6) is 3.96. The Bertz CT molecular complexity index is 5280. The molecule has 0 aliphatic rings. The second-order valence-corrected chi connectivity index (χ2v) is 27.7. The van der Waals surface area contributed by atoms with Gasteiger partial charge >= 0.3 is 0 Å². The first-order valence-corrected chi connectivity index (χ1v) is 33.6. The highest BCUT2D eigenvalue weighted by molar-refractivity contribution is 7.25. The molecule has 490 valence electrons. The smallest absolute Gasteiger partial charge is 0.230 e. The van der Waals surface area contributed by atoms with E-state index in [1.807, 2.05) is 62.3 Å². The molecule has 0 spiro atoms. The van der Waals surface area contributed by atoms with Crippen molar-refractivity contribution >= 4 is 120 Å². The van der Waals surface area contributed by atoms with Gasteiger partial charge in [0.2, 0.25) is 11.4 Å². The van der Waals surface area contributed by atoms with Crippen LogP contribution < -0.4 is 0 Å². The van der Waals surface area contributed by atoms with Crippen molar-refractivity contribution in [3.05, 3.63) is 169 Å². The van der Waals surface area contributed by atoms with Crippen molar-refractivity contribution in [3.8, 4) is 0 Å². The van der Waals surface area contributed by atoms with Gasteiger partial charge in [0.25, 0.3) is 0 Å². The fraction of sp³-hybridized carbons (Fsp3) is 0.375. The zero-order chi connectivity index (χ0) is 69.5. The van der Waals surface area contributed by atoms with Crippen molar-refractivity contribution in [3.63, 3.8) is 0 Å². The van der Waals surface area contributed by atoms with Gasteiger partial charge in [0.15, 0.2) is 11.2 Å². The minimum absolute atomic E-state index is 0.705. The molecule has 15 aromatic rings. The summed E-state index contributed by atoms with van der Waals surface area (Å²) in [5.41, 5.74) is 39.6. The number of benzene rings is 5. The first kappa shape index (κ1) is 67.3. The van der Waals surface area contributed by atoms with Crippen LogP contribution >= 0.6 is 11.3 Å². The minimum atomic E-state index is 0.705. The SMILES string of the molecule is Cc1nc(C)c2c(n1)oc1c(C)c(C)c(C)c(C)c12.Cc1nc(C)c2c(n1)oc1c(C)c(C)c(C)c(C)c12.Cc1nc(C)c2c(n1)sc1c(C)c(C)c(C)c(C)c12.Cc1nc(C)c2oc3c(C)c(C)c(C)c(C)c3c2n1.Cc1nc(C)c2oc3c(C)c(C)c(C)c(C)c3c2n1. The predicted octanol–water partition coefficient (Wildman–Crippen LogP) is 21.6. The Morgan fingerprint density at radius 3 is 0.811 bits per heavy atom. The second-order valence-electron chi connectivity index (χ2n) is 26.7. The van der Waals surface area contributed by atoms with Gasteiger partial charge in [-0.25, -0.2) is 39.9 Å². The molecule has 0 aliphatic carbocycles. The summed E-state index contributed by atoms with van der Waals surface area (Å²) in [4.78, 5) is 46.1. The van der Waals surface area contributed by atoms with Crippen LogP contribution in [0.5, 0.6) is 0 Å². The molecule has 0 amide bonds. The molecule has 0 atom stereocenters. The van der Waals surface area contributed by atoms with Crippen LogP contribution in [0.15, 0.2) is 17.7 Å². The Balaban J connectivity index is 0.000000121. The lowest BCUT2D eigenvalue weighted by Gasteiger charge is -2.11. The molecule has 0 aliphatic heterocycles. The van der Waals surface area contributed by atoms with E-state index < -0.39 is 0 Å². The van der Waals surface area contributed by atoms with Crippen molar-refractivity contribution in [2.24, 2.45) is 0 Å². The van der Waals surface area contributed by atoms with Crippen LogP contribution in [0.3, 0.4) is 0 Å². The average Bonchev–Trinajstić information content (AvgIpc) is 1.65. The fourth-order valence-electron chi connectivity index (χ4n) is 14.1. The molecule has 0 radical (unpaired) electrons. The molecule has 0 N–H and O–H groups in total. The van der Waals surface area contributed by atoms with Crippen LogP contribution in [0.1, 0.15) is 169 Å². The fourth-order valence-corrected chi connectivity index (χ4v) is 15.5. The molecule has 5 aromatic carbocycles. The van der Waals surface area contributed by atoms with E-state index in [4.69, 9.17) is 17.7 Å². The summed E-state index contributed by atoms with van der Waals surface area (Å²) in [7, 11) is 0. The summed E-state index contributed by atoms with van der Waals surface area (Å²) >= 11 is 1.80. The van der Waals surface area contributed by atoms with Gasteiger partial charge < -0.3 is 17.7 Å². The number of hydrogen-bond acceptors (Lipinski definition) is 15. The maximum absolute atomic E-state index is 6.06. The van der Waals surface area contributed by atoms with Crippen molar-refractivity contribution in [1.82, 2.24) is 49.8 Å². The Labute approximate surface area is 560 Å². The number of aryl methyl sites for hydroxylation is 20. The minimum Gasteiger partial charge on any atom is -0.452 e. The van der Waals surface area contributed by atoms with E-state index in [1.54, 1.807) is 11.3 Å². The van der Waals surface area contributed by atoms with Gasteiger partial charge in [-0.1, -0.05) is 0 Å². The Morgan fingerprint density at radius 1 is 0.189 bits per heavy atom. The van der Waals surface area contributed by atoms with E-state index >= 15 is 0 Å². The molecule has 10 heterocycles. The molecule has 10 aromatic heterocycles. The predicted molar refractivity (Wildman–Crippen MR) is 394 cm³/mol. The molecule has 0 unspecified atom stereocenters. The quantitative estimate of drug-likeness (QED) is 0.140. The molecular formula is C80H90N10O4S. The van der Waals surface area contributed by atoms with E-state index in [-0.39, 0.29) is 0 Å². The number of rotatable bonds is 0. The van der Waals surface area contributed by atoms with Gasteiger partial charge in [-0.15, -0.1) is 11.3 Å². The van der Waals surface area contributed by atoms with Crippen LogP contribution in [0.4, 0.5) is 0 Å². The number of fused-ring (bicyclic) bond motifs is 15. The summed E-state index contributed by atoms with van der Waals surface area (Å²) in [6.07, 6.45) is 0. The highest BCUT2D eigenvalue weighted by Crippen LogP contribution is 2.44. The molecule has 0 saturated heterocycles. The van der Waals surface area contributed by atoms with Crippen molar-refractivity contribution in [2.45, 2.75) is 208 Å². The molecule has 15 heteroatoms. The van der Waals surface area contributed by atoms with Crippen LogP contribution in [0.2, 0.25) is 0 Å².